The first-order valence-corrected chi connectivity index (χ1v) is 6.53. The van der Waals surface area contributed by atoms with Crippen LogP contribution < -0.4 is 0 Å². The molecule has 0 aromatic carbocycles. The van der Waals surface area contributed by atoms with Gasteiger partial charge in [-0.3, -0.25) is 9.59 Å². The molecule has 1 unspecified atom stereocenters. The van der Waals surface area contributed by atoms with Crippen LogP contribution in [0.3, 0.4) is 0 Å². The van der Waals surface area contributed by atoms with Gasteiger partial charge in [0.25, 0.3) is 0 Å². The van der Waals surface area contributed by atoms with Gasteiger partial charge < -0.3 is 9.64 Å². The Balaban J connectivity index is 2.24. The summed E-state index contributed by atoms with van der Waals surface area (Å²) in [6, 6.07) is 0. The van der Waals surface area contributed by atoms with Crippen LogP contribution in [0.4, 0.5) is 0 Å². The fourth-order valence-corrected chi connectivity index (χ4v) is 3.01. The van der Waals surface area contributed by atoms with E-state index in [0.717, 1.165) is 25.2 Å². The number of hydrogen-bond acceptors (Lipinski definition) is 4. The summed E-state index contributed by atoms with van der Waals surface area (Å²) in [6.45, 7) is 5.99. The van der Waals surface area contributed by atoms with Crippen LogP contribution in [0.1, 0.15) is 33.1 Å². The van der Waals surface area contributed by atoms with Gasteiger partial charge >= 0.3 is 5.97 Å². The molecule has 2 aliphatic rings. The van der Waals surface area contributed by atoms with Crippen molar-refractivity contribution in [3.63, 3.8) is 0 Å². The van der Waals surface area contributed by atoms with E-state index >= 15 is 0 Å². The van der Waals surface area contributed by atoms with Crippen LogP contribution in [-0.4, -0.2) is 36.9 Å². The number of allylic oxidation sites excluding steroid dienone is 2. The fraction of sp³-hybridized carbons (Fsp3) is 0.714. The number of ketones is 1. The maximum atomic E-state index is 12.2. The lowest BCUT2D eigenvalue weighted by molar-refractivity contribution is -0.153. The molecule has 0 aromatic rings. The number of carbonyl (C=O) groups excluding carboxylic acids is 2. The van der Waals surface area contributed by atoms with E-state index in [1.807, 2.05) is 13.8 Å². The SMILES string of the molecule is COC(=O)C1C(=O)C=C(N2CCCC2)CC1(C)C. The van der Waals surface area contributed by atoms with Gasteiger partial charge in [-0.05, 0) is 24.7 Å². The second kappa shape index (κ2) is 4.75. The summed E-state index contributed by atoms with van der Waals surface area (Å²) in [4.78, 5) is 26.2. The van der Waals surface area contributed by atoms with Crippen LogP contribution >= 0.6 is 0 Å². The summed E-state index contributed by atoms with van der Waals surface area (Å²) in [6.07, 6.45) is 4.79. The van der Waals surface area contributed by atoms with Crippen LogP contribution in [0, 0.1) is 11.3 Å². The molecule has 0 amide bonds. The zero-order valence-electron chi connectivity index (χ0n) is 11.4. The summed E-state index contributed by atoms with van der Waals surface area (Å²) in [5, 5.41) is 0. The first-order chi connectivity index (χ1) is 8.45. The molecular formula is C14H21NO3. The second-order valence-corrected chi connectivity index (χ2v) is 5.85. The van der Waals surface area contributed by atoms with E-state index in [0.29, 0.717) is 0 Å². The highest BCUT2D eigenvalue weighted by Crippen LogP contribution is 2.40. The molecule has 2 rings (SSSR count). The number of methoxy groups -OCH3 is 1. The number of ether oxygens (including phenoxy) is 1. The Bertz CT molecular complexity index is 392. The molecule has 0 bridgehead atoms. The molecule has 0 aromatic heterocycles. The van der Waals surface area contributed by atoms with Crippen LogP contribution in [0.15, 0.2) is 11.8 Å². The highest BCUT2D eigenvalue weighted by Gasteiger charge is 2.45. The van der Waals surface area contributed by atoms with E-state index in [9.17, 15) is 9.59 Å². The van der Waals surface area contributed by atoms with Crippen LogP contribution in [0.25, 0.3) is 0 Å². The molecular weight excluding hydrogens is 230 g/mol. The smallest absolute Gasteiger partial charge is 0.317 e. The van der Waals surface area contributed by atoms with Crippen molar-refractivity contribution in [3.8, 4) is 0 Å². The molecule has 0 spiro atoms. The molecule has 4 nitrogen and oxygen atoms in total. The minimum atomic E-state index is -0.658. The normalized spacial score (nSPS) is 27.1. The Morgan fingerprint density at radius 1 is 1.39 bits per heavy atom. The number of likely N-dealkylation sites (tertiary alicyclic amines) is 1. The third kappa shape index (κ3) is 2.28. The van der Waals surface area contributed by atoms with E-state index in [2.05, 4.69) is 4.90 Å². The van der Waals surface area contributed by atoms with Crippen molar-refractivity contribution in [1.82, 2.24) is 4.90 Å². The Morgan fingerprint density at radius 2 is 2.00 bits per heavy atom. The molecule has 1 aliphatic heterocycles. The third-order valence-corrected chi connectivity index (χ3v) is 3.96. The van der Waals surface area contributed by atoms with Crippen molar-refractivity contribution < 1.29 is 14.3 Å². The van der Waals surface area contributed by atoms with Gasteiger partial charge in [-0.15, -0.1) is 0 Å². The number of carbonyl (C=O) groups is 2. The fourth-order valence-electron chi connectivity index (χ4n) is 3.01. The average Bonchev–Trinajstić information content (AvgIpc) is 2.79. The number of esters is 1. The number of hydrogen-bond donors (Lipinski definition) is 0. The minimum Gasteiger partial charge on any atom is -0.468 e. The number of rotatable bonds is 2. The second-order valence-electron chi connectivity index (χ2n) is 5.85. The van der Waals surface area contributed by atoms with Gasteiger partial charge in [0.15, 0.2) is 5.78 Å². The third-order valence-electron chi connectivity index (χ3n) is 3.96. The maximum Gasteiger partial charge on any atom is 0.317 e. The summed E-state index contributed by atoms with van der Waals surface area (Å²) >= 11 is 0. The van der Waals surface area contributed by atoms with Gasteiger partial charge in [-0.25, -0.2) is 0 Å². The minimum absolute atomic E-state index is 0.111. The molecule has 1 saturated heterocycles. The lowest BCUT2D eigenvalue weighted by Gasteiger charge is -2.38. The predicted molar refractivity (Wildman–Crippen MR) is 67.8 cm³/mol. The molecule has 18 heavy (non-hydrogen) atoms. The van der Waals surface area contributed by atoms with E-state index in [1.54, 1.807) is 6.08 Å². The van der Waals surface area contributed by atoms with Crippen molar-refractivity contribution in [1.29, 1.82) is 0 Å². The molecule has 1 heterocycles. The van der Waals surface area contributed by atoms with E-state index in [4.69, 9.17) is 4.74 Å². The summed E-state index contributed by atoms with van der Waals surface area (Å²) in [5.74, 6) is -1.18. The van der Waals surface area contributed by atoms with Gasteiger partial charge in [0.05, 0.1) is 7.11 Å². The van der Waals surface area contributed by atoms with Gasteiger partial charge in [-0.2, -0.15) is 0 Å². The van der Waals surface area contributed by atoms with Crippen LogP contribution in [0.5, 0.6) is 0 Å². The zero-order chi connectivity index (χ0) is 13.3. The molecule has 100 valence electrons. The maximum absolute atomic E-state index is 12.2. The first-order valence-electron chi connectivity index (χ1n) is 6.53. The van der Waals surface area contributed by atoms with Gasteiger partial charge in [0.2, 0.25) is 0 Å². The van der Waals surface area contributed by atoms with Crippen molar-refractivity contribution in [2.75, 3.05) is 20.2 Å². The van der Waals surface area contributed by atoms with Crippen molar-refractivity contribution in [2.45, 2.75) is 33.1 Å². The zero-order valence-corrected chi connectivity index (χ0v) is 11.4. The van der Waals surface area contributed by atoms with Gasteiger partial charge in [-0.1, -0.05) is 13.8 Å². The van der Waals surface area contributed by atoms with E-state index in [1.165, 1.54) is 20.0 Å². The molecule has 0 N–H and O–H groups in total. The lowest BCUT2D eigenvalue weighted by Crippen LogP contribution is -2.42. The number of nitrogens with zero attached hydrogens (tertiary/aromatic N) is 1. The molecule has 1 fully saturated rings. The van der Waals surface area contributed by atoms with Crippen molar-refractivity contribution >= 4 is 11.8 Å². The molecule has 1 aliphatic carbocycles. The van der Waals surface area contributed by atoms with Crippen molar-refractivity contribution in [2.24, 2.45) is 11.3 Å². The monoisotopic (exact) mass is 251 g/mol. The molecule has 0 saturated carbocycles. The van der Waals surface area contributed by atoms with Gasteiger partial charge in [0.1, 0.15) is 5.92 Å². The Kier molecular flexibility index (Phi) is 3.46. The average molecular weight is 251 g/mol. The molecule has 1 atom stereocenters. The summed E-state index contributed by atoms with van der Waals surface area (Å²) < 4.78 is 4.75. The molecule has 0 radical (unpaired) electrons. The largest absolute Gasteiger partial charge is 0.468 e. The summed E-state index contributed by atoms with van der Waals surface area (Å²) in [7, 11) is 1.34. The quantitative estimate of drug-likeness (QED) is 0.554. The van der Waals surface area contributed by atoms with E-state index in [-0.39, 0.29) is 11.2 Å². The Hall–Kier alpha value is -1.32. The van der Waals surface area contributed by atoms with E-state index < -0.39 is 11.9 Å². The predicted octanol–water partition coefficient (Wildman–Crippen LogP) is 1.75. The van der Waals surface area contributed by atoms with Crippen LogP contribution in [-0.2, 0) is 14.3 Å². The highest BCUT2D eigenvalue weighted by molar-refractivity contribution is 6.06. The summed E-state index contributed by atoms with van der Waals surface area (Å²) in [5.41, 5.74) is 0.722. The Labute approximate surface area is 108 Å². The first kappa shape index (κ1) is 13.1. The lowest BCUT2D eigenvalue weighted by atomic mass is 9.69. The molecule has 4 heteroatoms. The van der Waals surface area contributed by atoms with Crippen LogP contribution in [0.2, 0.25) is 0 Å². The highest BCUT2D eigenvalue weighted by atomic mass is 16.5. The topological polar surface area (TPSA) is 46.6 Å². The standard InChI is InChI=1S/C14H21NO3/c1-14(2)9-10(15-6-4-5-7-15)8-11(16)12(14)13(17)18-3/h8,12H,4-7,9H2,1-3H3. The Morgan fingerprint density at radius 3 is 2.50 bits per heavy atom. The van der Waals surface area contributed by atoms with Gasteiger partial charge in [0, 0.05) is 24.9 Å². The van der Waals surface area contributed by atoms with Crippen molar-refractivity contribution in [3.05, 3.63) is 11.8 Å².